The van der Waals surface area contributed by atoms with E-state index in [2.05, 4.69) is 0 Å². The normalized spacial score (nSPS) is 10.5. The summed E-state index contributed by atoms with van der Waals surface area (Å²) in [6.45, 7) is 0. The van der Waals surface area contributed by atoms with Crippen LogP contribution in [0.5, 0.6) is 0 Å². The van der Waals surface area contributed by atoms with Gasteiger partial charge in [0.05, 0.1) is 11.1 Å². The molecule has 0 heterocycles. The molecule has 2 aromatic rings. The van der Waals surface area contributed by atoms with Crippen LogP contribution in [0.1, 0.15) is 26.3 Å². The molecule has 0 amide bonds. The molecule has 0 aliphatic carbocycles. The Labute approximate surface area is 115 Å². The lowest BCUT2D eigenvalue weighted by molar-refractivity contribution is 0.0692. The summed E-state index contributed by atoms with van der Waals surface area (Å²) in [5, 5.41) is 8.90. The van der Waals surface area contributed by atoms with E-state index in [0.29, 0.717) is 18.2 Å². The van der Waals surface area contributed by atoms with Crippen molar-refractivity contribution < 1.29 is 32.3 Å². The molecule has 21 heavy (non-hydrogen) atoms. The van der Waals surface area contributed by atoms with Gasteiger partial charge in [-0.2, -0.15) is 0 Å². The SMILES string of the molecule is O=C(O)c1cc(F)c(F)cc1C(=O)c1ccc(F)cc1F. The molecule has 0 radical (unpaired) electrons. The molecule has 0 aliphatic heterocycles. The van der Waals surface area contributed by atoms with E-state index in [9.17, 15) is 27.2 Å². The Morgan fingerprint density at radius 3 is 1.86 bits per heavy atom. The van der Waals surface area contributed by atoms with Crippen molar-refractivity contribution in [3.05, 3.63) is 70.3 Å². The van der Waals surface area contributed by atoms with Gasteiger partial charge in [-0.15, -0.1) is 0 Å². The molecule has 1 N–H and O–H groups in total. The molecule has 7 heteroatoms. The third kappa shape index (κ3) is 2.76. The topological polar surface area (TPSA) is 54.4 Å². The van der Waals surface area contributed by atoms with Crippen LogP contribution >= 0.6 is 0 Å². The van der Waals surface area contributed by atoms with Crippen LogP contribution in [0, 0.1) is 23.3 Å². The van der Waals surface area contributed by atoms with Crippen molar-refractivity contribution in [2.24, 2.45) is 0 Å². The molecule has 0 saturated heterocycles. The second-order valence-corrected chi connectivity index (χ2v) is 4.07. The summed E-state index contributed by atoms with van der Waals surface area (Å²) in [5.74, 6) is -7.95. The fourth-order valence-corrected chi connectivity index (χ4v) is 1.73. The summed E-state index contributed by atoms with van der Waals surface area (Å²) in [4.78, 5) is 23.0. The van der Waals surface area contributed by atoms with Crippen molar-refractivity contribution in [2.75, 3.05) is 0 Å². The van der Waals surface area contributed by atoms with Gasteiger partial charge in [0.2, 0.25) is 0 Å². The average molecular weight is 298 g/mol. The summed E-state index contributed by atoms with van der Waals surface area (Å²) in [7, 11) is 0. The number of halogens is 4. The van der Waals surface area contributed by atoms with Crippen LogP contribution in [0.3, 0.4) is 0 Å². The zero-order valence-electron chi connectivity index (χ0n) is 10.2. The Hall–Kier alpha value is -2.70. The zero-order valence-corrected chi connectivity index (χ0v) is 10.2. The minimum atomic E-state index is -1.68. The predicted molar refractivity (Wildman–Crippen MR) is 63.1 cm³/mol. The summed E-state index contributed by atoms with van der Waals surface area (Å²) in [5.41, 5.74) is -2.19. The lowest BCUT2D eigenvalue weighted by atomic mass is 9.97. The Morgan fingerprint density at radius 1 is 0.762 bits per heavy atom. The number of carbonyl (C=O) groups is 2. The molecular formula is C14H6F4O3. The number of carboxylic acids is 1. The molecule has 0 aromatic heterocycles. The fraction of sp³-hybridized carbons (Fsp3) is 0. The molecule has 2 rings (SSSR count). The van der Waals surface area contributed by atoms with Gasteiger partial charge in [0, 0.05) is 11.6 Å². The molecule has 3 nitrogen and oxygen atoms in total. The molecule has 0 saturated carbocycles. The van der Waals surface area contributed by atoms with Crippen molar-refractivity contribution in [1.82, 2.24) is 0 Å². The first-order valence-electron chi connectivity index (χ1n) is 5.53. The molecule has 0 spiro atoms. The fourth-order valence-electron chi connectivity index (χ4n) is 1.73. The van der Waals surface area contributed by atoms with Crippen LogP contribution in [0.15, 0.2) is 30.3 Å². The van der Waals surface area contributed by atoms with Crippen LogP contribution in [0.25, 0.3) is 0 Å². The standard InChI is InChI=1S/C14H6F4O3/c15-6-1-2-7(10(16)3-6)13(19)8-4-11(17)12(18)5-9(8)14(20)21/h1-5H,(H,20,21). The smallest absolute Gasteiger partial charge is 0.336 e. The number of benzene rings is 2. The maximum Gasteiger partial charge on any atom is 0.336 e. The molecule has 0 bridgehead atoms. The molecule has 108 valence electrons. The number of rotatable bonds is 3. The van der Waals surface area contributed by atoms with E-state index in [0.717, 1.165) is 12.1 Å². The molecule has 0 fully saturated rings. The van der Waals surface area contributed by atoms with Crippen LogP contribution in [0.2, 0.25) is 0 Å². The van der Waals surface area contributed by atoms with Crippen molar-refractivity contribution in [1.29, 1.82) is 0 Å². The predicted octanol–water partition coefficient (Wildman–Crippen LogP) is 3.17. The highest BCUT2D eigenvalue weighted by atomic mass is 19.2. The van der Waals surface area contributed by atoms with Crippen molar-refractivity contribution in [3.8, 4) is 0 Å². The van der Waals surface area contributed by atoms with E-state index in [1.807, 2.05) is 0 Å². The zero-order chi connectivity index (χ0) is 15.7. The maximum absolute atomic E-state index is 13.5. The third-order valence-corrected chi connectivity index (χ3v) is 2.71. The van der Waals surface area contributed by atoms with Gasteiger partial charge in [-0.1, -0.05) is 0 Å². The monoisotopic (exact) mass is 298 g/mol. The average Bonchev–Trinajstić information content (AvgIpc) is 2.40. The number of hydrogen-bond acceptors (Lipinski definition) is 2. The molecule has 0 atom stereocenters. The van der Waals surface area contributed by atoms with Gasteiger partial charge in [0.1, 0.15) is 11.6 Å². The van der Waals surface area contributed by atoms with E-state index in [-0.39, 0.29) is 0 Å². The Balaban J connectivity index is 2.62. The second kappa shape index (κ2) is 5.35. The van der Waals surface area contributed by atoms with E-state index < -0.39 is 51.7 Å². The Bertz CT molecular complexity index is 756. The highest BCUT2D eigenvalue weighted by Gasteiger charge is 2.23. The first kappa shape index (κ1) is 14.7. The quantitative estimate of drug-likeness (QED) is 0.699. The highest BCUT2D eigenvalue weighted by molar-refractivity contribution is 6.14. The lowest BCUT2D eigenvalue weighted by Gasteiger charge is -2.07. The highest BCUT2D eigenvalue weighted by Crippen LogP contribution is 2.21. The molecule has 0 unspecified atom stereocenters. The largest absolute Gasteiger partial charge is 0.478 e. The van der Waals surface area contributed by atoms with Crippen molar-refractivity contribution >= 4 is 11.8 Å². The minimum absolute atomic E-state index is 0.326. The number of hydrogen-bond donors (Lipinski definition) is 1. The molecular weight excluding hydrogens is 292 g/mol. The van der Waals surface area contributed by atoms with Gasteiger partial charge < -0.3 is 5.11 Å². The molecule has 2 aromatic carbocycles. The van der Waals surface area contributed by atoms with E-state index >= 15 is 0 Å². The van der Waals surface area contributed by atoms with Gasteiger partial charge in [-0.05, 0) is 24.3 Å². The summed E-state index contributed by atoms with van der Waals surface area (Å²) < 4.78 is 52.5. The van der Waals surface area contributed by atoms with E-state index in [1.165, 1.54) is 0 Å². The first-order chi connectivity index (χ1) is 9.81. The van der Waals surface area contributed by atoms with Gasteiger partial charge >= 0.3 is 5.97 Å². The molecule has 0 aliphatic rings. The lowest BCUT2D eigenvalue weighted by Crippen LogP contribution is -2.13. The number of aromatic carboxylic acids is 1. The van der Waals surface area contributed by atoms with Crippen molar-refractivity contribution in [2.45, 2.75) is 0 Å². The summed E-state index contributed by atoms with van der Waals surface area (Å²) >= 11 is 0. The van der Waals surface area contributed by atoms with Crippen LogP contribution < -0.4 is 0 Å². The van der Waals surface area contributed by atoms with E-state index in [1.54, 1.807) is 0 Å². The van der Waals surface area contributed by atoms with Crippen LogP contribution in [0.4, 0.5) is 17.6 Å². The third-order valence-electron chi connectivity index (χ3n) is 2.71. The number of carbonyl (C=O) groups excluding carboxylic acids is 1. The second-order valence-electron chi connectivity index (χ2n) is 4.07. The number of ketones is 1. The van der Waals surface area contributed by atoms with Crippen LogP contribution in [-0.2, 0) is 0 Å². The summed E-state index contributed by atoms with van der Waals surface area (Å²) in [6.07, 6.45) is 0. The van der Waals surface area contributed by atoms with Gasteiger partial charge in [0.25, 0.3) is 0 Å². The van der Waals surface area contributed by atoms with Gasteiger partial charge in [0.15, 0.2) is 17.4 Å². The Kier molecular flexibility index (Phi) is 3.75. The Morgan fingerprint density at radius 2 is 1.33 bits per heavy atom. The summed E-state index contributed by atoms with van der Waals surface area (Å²) in [6, 6.07) is 2.69. The first-order valence-corrected chi connectivity index (χ1v) is 5.53. The van der Waals surface area contributed by atoms with E-state index in [4.69, 9.17) is 5.11 Å². The van der Waals surface area contributed by atoms with Gasteiger partial charge in [-0.25, -0.2) is 22.4 Å². The van der Waals surface area contributed by atoms with Crippen LogP contribution in [-0.4, -0.2) is 16.9 Å². The number of carboxylic acid groups (broad SMARTS) is 1. The van der Waals surface area contributed by atoms with Gasteiger partial charge in [-0.3, -0.25) is 4.79 Å². The minimum Gasteiger partial charge on any atom is -0.478 e. The van der Waals surface area contributed by atoms with Crippen molar-refractivity contribution in [3.63, 3.8) is 0 Å². The maximum atomic E-state index is 13.5.